The van der Waals surface area contributed by atoms with E-state index in [1.54, 1.807) is 12.2 Å². The zero-order valence-electron chi connectivity index (χ0n) is 14.2. The normalized spacial score (nSPS) is 22.4. The number of unbranched alkanes of at least 4 members (excludes halogenated alkanes) is 4. The predicted octanol–water partition coefficient (Wildman–Crippen LogP) is 3.65. The SMILES string of the molecule is CC/C=C\C=C1\C(=O)C=C[C@]1(O)CCCCCCCC(=O)OC. The molecule has 0 bridgehead atoms. The highest BCUT2D eigenvalue weighted by atomic mass is 16.5. The quantitative estimate of drug-likeness (QED) is 0.379. The van der Waals surface area contributed by atoms with Gasteiger partial charge in [0.25, 0.3) is 0 Å². The van der Waals surface area contributed by atoms with Crippen LogP contribution in [0.25, 0.3) is 0 Å². The molecular weight excluding hydrogens is 292 g/mol. The number of rotatable bonds is 10. The second-order valence-electron chi connectivity index (χ2n) is 5.88. The lowest BCUT2D eigenvalue weighted by Crippen LogP contribution is -2.27. The minimum Gasteiger partial charge on any atom is -0.469 e. The van der Waals surface area contributed by atoms with Gasteiger partial charge in [0.05, 0.1) is 7.11 Å². The largest absolute Gasteiger partial charge is 0.469 e. The molecule has 0 aromatic heterocycles. The number of esters is 1. The van der Waals surface area contributed by atoms with Crippen LogP contribution in [-0.4, -0.2) is 29.6 Å². The second-order valence-corrected chi connectivity index (χ2v) is 5.88. The summed E-state index contributed by atoms with van der Waals surface area (Å²) in [6, 6.07) is 0. The van der Waals surface area contributed by atoms with E-state index in [0.717, 1.165) is 38.5 Å². The van der Waals surface area contributed by atoms with E-state index in [2.05, 4.69) is 4.74 Å². The van der Waals surface area contributed by atoms with Crippen molar-refractivity contribution in [2.45, 2.75) is 63.9 Å². The molecule has 1 aliphatic carbocycles. The summed E-state index contributed by atoms with van der Waals surface area (Å²) >= 11 is 0. The Morgan fingerprint density at radius 3 is 2.65 bits per heavy atom. The molecule has 0 saturated carbocycles. The number of methoxy groups -OCH3 is 1. The first-order chi connectivity index (χ1) is 11.0. The van der Waals surface area contributed by atoms with Gasteiger partial charge in [-0.15, -0.1) is 0 Å². The van der Waals surface area contributed by atoms with Crippen LogP contribution in [0.5, 0.6) is 0 Å². The highest BCUT2D eigenvalue weighted by Crippen LogP contribution is 2.31. The first kappa shape index (κ1) is 19.4. The summed E-state index contributed by atoms with van der Waals surface area (Å²) in [5, 5.41) is 10.7. The van der Waals surface area contributed by atoms with E-state index in [4.69, 9.17) is 0 Å². The van der Waals surface area contributed by atoms with Gasteiger partial charge in [-0.05, 0) is 37.8 Å². The van der Waals surface area contributed by atoms with Gasteiger partial charge in [-0.25, -0.2) is 0 Å². The molecular formula is C19H28O4. The van der Waals surface area contributed by atoms with Crippen molar-refractivity contribution < 1.29 is 19.4 Å². The molecule has 0 saturated heterocycles. The minimum atomic E-state index is -1.12. The van der Waals surface area contributed by atoms with Crippen LogP contribution in [-0.2, 0) is 14.3 Å². The number of hydrogen-bond donors (Lipinski definition) is 1. The maximum absolute atomic E-state index is 11.9. The average Bonchev–Trinajstić information content (AvgIpc) is 2.82. The van der Waals surface area contributed by atoms with E-state index in [1.807, 2.05) is 19.1 Å². The minimum absolute atomic E-state index is 0.105. The van der Waals surface area contributed by atoms with Crippen molar-refractivity contribution in [1.82, 2.24) is 0 Å². The van der Waals surface area contributed by atoms with Crippen LogP contribution >= 0.6 is 0 Å². The molecule has 4 heteroatoms. The fourth-order valence-electron chi connectivity index (χ4n) is 2.65. The Labute approximate surface area is 138 Å². The summed E-state index contributed by atoms with van der Waals surface area (Å²) < 4.78 is 4.60. The molecule has 128 valence electrons. The molecule has 0 aromatic carbocycles. The molecule has 0 aliphatic heterocycles. The third-order valence-corrected chi connectivity index (χ3v) is 4.04. The van der Waals surface area contributed by atoms with Gasteiger partial charge in [0.2, 0.25) is 0 Å². The van der Waals surface area contributed by atoms with Gasteiger partial charge in [-0.3, -0.25) is 9.59 Å². The van der Waals surface area contributed by atoms with Crippen LogP contribution in [0.3, 0.4) is 0 Å². The Kier molecular flexibility index (Phi) is 8.56. The summed E-state index contributed by atoms with van der Waals surface area (Å²) in [4.78, 5) is 22.8. The van der Waals surface area contributed by atoms with E-state index in [9.17, 15) is 14.7 Å². The lowest BCUT2D eigenvalue weighted by atomic mass is 9.90. The Morgan fingerprint density at radius 2 is 1.96 bits per heavy atom. The molecule has 1 aliphatic rings. The highest BCUT2D eigenvalue weighted by molar-refractivity contribution is 6.09. The number of allylic oxidation sites excluding steroid dienone is 4. The van der Waals surface area contributed by atoms with E-state index in [1.165, 1.54) is 13.2 Å². The number of aliphatic hydroxyl groups is 1. The van der Waals surface area contributed by atoms with E-state index < -0.39 is 5.60 Å². The number of hydrogen-bond acceptors (Lipinski definition) is 4. The Hall–Kier alpha value is -1.68. The van der Waals surface area contributed by atoms with Crippen LogP contribution in [0, 0.1) is 0 Å². The Bertz CT molecular complexity index is 488. The first-order valence-electron chi connectivity index (χ1n) is 8.43. The third-order valence-electron chi connectivity index (χ3n) is 4.04. The molecule has 1 atom stereocenters. The number of carbonyl (C=O) groups excluding carboxylic acids is 2. The maximum Gasteiger partial charge on any atom is 0.305 e. The van der Waals surface area contributed by atoms with E-state index in [-0.39, 0.29) is 11.8 Å². The standard InChI is InChI=1S/C19H28O4/c1-3-4-8-11-16-17(20)13-15-19(16,22)14-10-7-5-6-9-12-18(21)23-2/h4,8,11,13,15,22H,3,5-7,9-10,12,14H2,1-2H3/b8-4-,16-11-/t19-/m1/s1. The first-order valence-corrected chi connectivity index (χ1v) is 8.43. The van der Waals surface area contributed by atoms with Crippen molar-refractivity contribution in [3.8, 4) is 0 Å². The summed E-state index contributed by atoms with van der Waals surface area (Å²) in [5.41, 5.74) is -0.658. The highest BCUT2D eigenvalue weighted by Gasteiger charge is 2.36. The van der Waals surface area contributed by atoms with Gasteiger partial charge in [0, 0.05) is 12.0 Å². The van der Waals surface area contributed by atoms with Gasteiger partial charge >= 0.3 is 5.97 Å². The second kappa shape index (κ2) is 10.2. The molecule has 0 amide bonds. The molecule has 1 rings (SSSR count). The summed E-state index contributed by atoms with van der Waals surface area (Å²) in [6.07, 6.45) is 15.2. The van der Waals surface area contributed by atoms with Crippen LogP contribution in [0.15, 0.2) is 36.0 Å². The lowest BCUT2D eigenvalue weighted by molar-refractivity contribution is -0.140. The van der Waals surface area contributed by atoms with Crippen LogP contribution < -0.4 is 0 Å². The van der Waals surface area contributed by atoms with Gasteiger partial charge in [0.1, 0.15) is 5.60 Å². The van der Waals surface area contributed by atoms with E-state index >= 15 is 0 Å². The zero-order chi connectivity index (χ0) is 17.1. The van der Waals surface area contributed by atoms with E-state index in [0.29, 0.717) is 18.4 Å². The van der Waals surface area contributed by atoms with Crippen molar-refractivity contribution >= 4 is 11.8 Å². The predicted molar refractivity (Wildman–Crippen MR) is 90.9 cm³/mol. The van der Waals surface area contributed by atoms with Crippen molar-refractivity contribution in [3.63, 3.8) is 0 Å². The zero-order valence-corrected chi connectivity index (χ0v) is 14.2. The van der Waals surface area contributed by atoms with Crippen molar-refractivity contribution in [1.29, 1.82) is 0 Å². The molecule has 0 unspecified atom stereocenters. The lowest BCUT2D eigenvalue weighted by Gasteiger charge is -2.22. The van der Waals surface area contributed by atoms with Gasteiger partial charge in [-0.1, -0.05) is 44.4 Å². The topological polar surface area (TPSA) is 63.6 Å². The molecule has 23 heavy (non-hydrogen) atoms. The van der Waals surface area contributed by atoms with Gasteiger partial charge < -0.3 is 9.84 Å². The molecule has 0 radical (unpaired) electrons. The fourth-order valence-corrected chi connectivity index (χ4v) is 2.65. The Balaban J connectivity index is 2.33. The van der Waals surface area contributed by atoms with Crippen molar-refractivity contribution in [3.05, 3.63) is 36.0 Å². The summed E-state index contributed by atoms with van der Waals surface area (Å²) in [7, 11) is 1.40. The molecule has 1 N–H and O–H groups in total. The van der Waals surface area contributed by atoms with Crippen LogP contribution in [0.1, 0.15) is 58.3 Å². The van der Waals surface area contributed by atoms with Gasteiger partial charge in [-0.2, -0.15) is 0 Å². The monoisotopic (exact) mass is 320 g/mol. The van der Waals surface area contributed by atoms with Crippen LogP contribution in [0.4, 0.5) is 0 Å². The molecule has 0 fully saturated rings. The number of ether oxygens (including phenoxy) is 1. The smallest absolute Gasteiger partial charge is 0.305 e. The maximum atomic E-state index is 11.9. The summed E-state index contributed by atoms with van der Waals surface area (Å²) in [6.45, 7) is 2.02. The number of ketones is 1. The van der Waals surface area contributed by atoms with Crippen molar-refractivity contribution in [2.75, 3.05) is 7.11 Å². The fraction of sp³-hybridized carbons (Fsp3) is 0.579. The summed E-state index contributed by atoms with van der Waals surface area (Å²) in [5.74, 6) is -0.268. The van der Waals surface area contributed by atoms with Gasteiger partial charge in [0.15, 0.2) is 5.78 Å². The molecule has 0 spiro atoms. The number of carbonyl (C=O) groups is 2. The molecule has 4 nitrogen and oxygen atoms in total. The third kappa shape index (κ3) is 6.53. The molecule has 0 heterocycles. The Morgan fingerprint density at radius 1 is 1.26 bits per heavy atom. The average molecular weight is 320 g/mol. The van der Waals surface area contributed by atoms with Crippen LogP contribution in [0.2, 0.25) is 0 Å². The molecule has 0 aromatic rings. The van der Waals surface area contributed by atoms with Crippen molar-refractivity contribution in [2.24, 2.45) is 0 Å².